The maximum atomic E-state index is 12.6. The molecule has 0 unspecified atom stereocenters. The summed E-state index contributed by atoms with van der Waals surface area (Å²) in [5.41, 5.74) is 3.06. The van der Waals surface area contributed by atoms with Crippen LogP contribution in [-0.4, -0.2) is 41.0 Å². The van der Waals surface area contributed by atoms with Crippen molar-refractivity contribution in [1.29, 1.82) is 0 Å². The van der Waals surface area contributed by atoms with E-state index in [4.69, 9.17) is 0 Å². The highest BCUT2D eigenvalue weighted by atomic mass is 16.2. The molecule has 0 saturated heterocycles. The Morgan fingerprint density at radius 2 is 2.04 bits per heavy atom. The van der Waals surface area contributed by atoms with Crippen molar-refractivity contribution in [2.75, 3.05) is 26.0 Å². The summed E-state index contributed by atoms with van der Waals surface area (Å²) in [5.74, 6) is 0.699. The number of para-hydroxylation sites is 1. The molecule has 5 heteroatoms. The zero-order chi connectivity index (χ0) is 17.1. The highest BCUT2D eigenvalue weighted by Gasteiger charge is 2.13. The number of aromatic nitrogens is 2. The number of nitrogens with zero attached hydrogens (tertiary/aromatic N) is 3. The van der Waals surface area contributed by atoms with Gasteiger partial charge in [-0.15, -0.1) is 0 Å². The number of pyridine rings is 1. The second-order valence-electron chi connectivity index (χ2n) is 5.90. The van der Waals surface area contributed by atoms with E-state index in [1.165, 1.54) is 16.6 Å². The van der Waals surface area contributed by atoms with Gasteiger partial charge in [-0.2, -0.15) is 0 Å². The van der Waals surface area contributed by atoms with E-state index in [2.05, 4.69) is 40.0 Å². The number of fused-ring (bicyclic) bond motifs is 1. The Labute approximate surface area is 141 Å². The van der Waals surface area contributed by atoms with E-state index in [0.717, 1.165) is 6.54 Å². The Kier molecular flexibility index (Phi) is 4.51. The summed E-state index contributed by atoms with van der Waals surface area (Å²) < 4.78 is 2.25. The van der Waals surface area contributed by atoms with Gasteiger partial charge in [0.25, 0.3) is 5.91 Å². The summed E-state index contributed by atoms with van der Waals surface area (Å²) in [6, 6.07) is 14.0. The monoisotopic (exact) mass is 322 g/mol. The number of rotatable bonds is 5. The van der Waals surface area contributed by atoms with Crippen LogP contribution in [-0.2, 0) is 6.54 Å². The summed E-state index contributed by atoms with van der Waals surface area (Å²) in [5, 5.41) is 4.19. The molecule has 0 aliphatic rings. The van der Waals surface area contributed by atoms with Crippen LogP contribution in [0.25, 0.3) is 10.9 Å². The third kappa shape index (κ3) is 3.11. The van der Waals surface area contributed by atoms with Crippen molar-refractivity contribution in [2.24, 2.45) is 0 Å². The number of amides is 1. The van der Waals surface area contributed by atoms with Crippen molar-refractivity contribution in [1.82, 2.24) is 14.5 Å². The van der Waals surface area contributed by atoms with E-state index in [-0.39, 0.29) is 5.91 Å². The van der Waals surface area contributed by atoms with Gasteiger partial charge >= 0.3 is 0 Å². The van der Waals surface area contributed by atoms with E-state index in [1.807, 2.05) is 19.2 Å². The fourth-order valence-electron chi connectivity index (χ4n) is 2.92. The molecule has 1 N–H and O–H groups in total. The summed E-state index contributed by atoms with van der Waals surface area (Å²) in [6.07, 6.45) is 1.65. The van der Waals surface area contributed by atoms with Crippen molar-refractivity contribution in [3.8, 4) is 0 Å². The molecular weight excluding hydrogens is 300 g/mol. The molecule has 124 valence electrons. The third-order valence-corrected chi connectivity index (χ3v) is 4.29. The molecule has 0 saturated carbocycles. The van der Waals surface area contributed by atoms with Gasteiger partial charge in [0.05, 0.1) is 0 Å². The first-order valence-corrected chi connectivity index (χ1v) is 8.04. The molecule has 0 fully saturated rings. The molecule has 24 heavy (non-hydrogen) atoms. The summed E-state index contributed by atoms with van der Waals surface area (Å²) >= 11 is 0. The first-order valence-electron chi connectivity index (χ1n) is 8.04. The van der Waals surface area contributed by atoms with Crippen LogP contribution in [0.2, 0.25) is 0 Å². The predicted octanol–water partition coefficient (Wildman–Crippen LogP) is 3.16. The van der Waals surface area contributed by atoms with Gasteiger partial charge in [-0.3, -0.25) is 4.79 Å². The number of nitrogens with one attached hydrogen (secondary N) is 1. The smallest absolute Gasteiger partial charge is 0.253 e. The van der Waals surface area contributed by atoms with Gasteiger partial charge < -0.3 is 14.8 Å². The van der Waals surface area contributed by atoms with Crippen LogP contribution in [0.5, 0.6) is 0 Å². The topological polar surface area (TPSA) is 50.2 Å². The lowest BCUT2D eigenvalue weighted by Gasteiger charge is -2.19. The lowest BCUT2D eigenvalue weighted by molar-refractivity contribution is 0.0790. The Bertz CT molecular complexity index is 869. The van der Waals surface area contributed by atoms with Crippen LogP contribution in [0.4, 0.5) is 5.82 Å². The summed E-state index contributed by atoms with van der Waals surface area (Å²) in [4.78, 5) is 18.5. The lowest BCUT2D eigenvalue weighted by atomic mass is 10.2. The quantitative estimate of drug-likeness (QED) is 0.785. The number of hydrogen-bond acceptors (Lipinski definition) is 3. The Morgan fingerprint density at radius 1 is 1.25 bits per heavy atom. The molecule has 3 aromatic rings. The van der Waals surface area contributed by atoms with Gasteiger partial charge in [-0.1, -0.05) is 18.2 Å². The third-order valence-electron chi connectivity index (χ3n) is 4.29. The molecule has 0 bridgehead atoms. The SMILES string of the molecule is CNc1cc(C(=O)N(C)CCn2c(C)cc3ccccc32)ccn1. The number of aryl methyl sites for hydroxylation is 1. The van der Waals surface area contributed by atoms with E-state index in [1.54, 1.807) is 30.3 Å². The molecule has 2 aromatic heterocycles. The molecule has 0 radical (unpaired) electrons. The molecule has 5 nitrogen and oxygen atoms in total. The highest BCUT2D eigenvalue weighted by molar-refractivity contribution is 5.94. The van der Waals surface area contributed by atoms with Gasteiger partial charge in [-0.05, 0) is 36.6 Å². The Hall–Kier alpha value is -2.82. The zero-order valence-electron chi connectivity index (χ0n) is 14.3. The first-order chi connectivity index (χ1) is 11.6. The van der Waals surface area contributed by atoms with Crippen molar-refractivity contribution >= 4 is 22.6 Å². The van der Waals surface area contributed by atoms with E-state index < -0.39 is 0 Å². The van der Waals surface area contributed by atoms with Crippen molar-refractivity contribution in [2.45, 2.75) is 13.5 Å². The van der Waals surface area contributed by atoms with Crippen LogP contribution in [0.15, 0.2) is 48.7 Å². The average molecular weight is 322 g/mol. The lowest BCUT2D eigenvalue weighted by Crippen LogP contribution is -2.30. The Morgan fingerprint density at radius 3 is 2.83 bits per heavy atom. The molecule has 0 spiro atoms. The number of anilines is 1. The second-order valence-corrected chi connectivity index (χ2v) is 5.90. The van der Waals surface area contributed by atoms with Crippen molar-refractivity contribution in [3.05, 3.63) is 59.9 Å². The second kappa shape index (κ2) is 6.74. The van der Waals surface area contributed by atoms with Crippen LogP contribution in [0.3, 0.4) is 0 Å². The van der Waals surface area contributed by atoms with Crippen LogP contribution in [0, 0.1) is 6.92 Å². The normalized spacial score (nSPS) is 10.8. The Balaban J connectivity index is 1.73. The standard InChI is InChI=1S/C19H22N4O/c1-14-12-15-6-4-5-7-17(15)23(14)11-10-22(3)19(24)16-8-9-21-18(13-16)20-2/h4-9,12-13H,10-11H2,1-3H3,(H,20,21). The summed E-state index contributed by atoms with van der Waals surface area (Å²) in [6.45, 7) is 3.52. The zero-order valence-corrected chi connectivity index (χ0v) is 14.3. The van der Waals surface area contributed by atoms with Crippen LogP contribution >= 0.6 is 0 Å². The number of hydrogen-bond donors (Lipinski definition) is 1. The molecule has 0 aliphatic heterocycles. The minimum Gasteiger partial charge on any atom is -0.373 e. The fourth-order valence-corrected chi connectivity index (χ4v) is 2.92. The van der Waals surface area contributed by atoms with Crippen LogP contribution in [0.1, 0.15) is 16.1 Å². The van der Waals surface area contributed by atoms with Gasteiger partial charge in [0.2, 0.25) is 0 Å². The molecule has 1 amide bonds. The number of carbonyl (C=O) groups excluding carboxylic acids is 1. The van der Waals surface area contributed by atoms with Gasteiger partial charge in [0.1, 0.15) is 5.82 Å². The van der Waals surface area contributed by atoms with Crippen molar-refractivity contribution in [3.63, 3.8) is 0 Å². The molecular formula is C19H22N4O. The maximum Gasteiger partial charge on any atom is 0.253 e. The fraction of sp³-hybridized carbons (Fsp3) is 0.263. The maximum absolute atomic E-state index is 12.6. The predicted molar refractivity (Wildman–Crippen MR) is 97.4 cm³/mol. The first kappa shape index (κ1) is 16.1. The van der Waals surface area contributed by atoms with E-state index in [9.17, 15) is 4.79 Å². The number of carbonyl (C=O) groups is 1. The van der Waals surface area contributed by atoms with Gasteiger partial charge in [0, 0.05) is 50.2 Å². The molecule has 1 aromatic carbocycles. The number of benzene rings is 1. The average Bonchev–Trinajstić information content (AvgIpc) is 2.94. The minimum absolute atomic E-state index is 0.00279. The molecule has 0 atom stereocenters. The van der Waals surface area contributed by atoms with Crippen molar-refractivity contribution < 1.29 is 4.79 Å². The largest absolute Gasteiger partial charge is 0.373 e. The summed E-state index contributed by atoms with van der Waals surface area (Å²) in [7, 11) is 3.63. The minimum atomic E-state index is 0.00279. The van der Waals surface area contributed by atoms with Gasteiger partial charge in [0.15, 0.2) is 0 Å². The van der Waals surface area contributed by atoms with E-state index in [0.29, 0.717) is 17.9 Å². The number of likely N-dealkylation sites (N-methyl/N-ethyl adjacent to an activating group) is 1. The molecule has 0 aliphatic carbocycles. The van der Waals surface area contributed by atoms with Gasteiger partial charge in [-0.25, -0.2) is 4.98 Å². The molecule has 2 heterocycles. The van der Waals surface area contributed by atoms with Crippen LogP contribution < -0.4 is 5.32 Å². The van der Waals surface area contributed by atoms with E-state index >= 15 is 0 Å². The molecule has 3 rings (SSSR count). The highest BCUT2D eigenvalue weighted by Crippen LogP contribution is 2.19.